The Balaban J connectivity index is 1.59. The molecule has 4 rings (SSSR count). The number of nitrogens with zero attached hydrogens (tertiary/aromatic N) is 3. The van der Waals surface area contributed by atoms with Crippen LogP contribution in [0.5, 0.6) is 0 Å². The van der Waals surface area contributed by atoms with Crippen LogP contribution in [0.25, 0.3) is 0 Å². The summed E-state index contributed by atoms with van der Waals surface area (Å²) in [6.07, 6.45) is 2.03. The van der Waals surface area contributed by atoms with Gasteiger partial charge >= 0.3 is 0 Å². The van der Waals surface area contributed by atoms with Gasteiger partial charge in [-0.1, -0.05) is 6.07 Å². The highest BCUT2D eigenvalue weighted by molar-refractivity contribution is 7.80. The van der Waals surface area contributed by atoms with Gasteiger partial charge in [-0.3, -0.25) is 9.78 Å². The number of pyridine rings is 1. The van der Waals surface area contributed by atoms with E-state index in [-0.39, 0.29) is 30.2 Å². The van der Waals surface area contributed by atoms with Crippen molar-refractivity contribution < 1.29 is 9.18 Å². The number of rotatable bonds is 7. The molecular weight excluding hydrogens is 437 g/mol. The minimum absolute atomic E-state index is 0.0856. The molecule has 1 amide bonds. The van der Waals surface area contributed by atoms with Gasteiger partial charge in [0, 0.05) is 42.8 Å². The number of aromatic nitrogens is 2. The predicted molar refractivity (Wildman–Crippen MR) is 131 cm³/mol. The van der Waals surface area contributed by atoms with E-state index in [0.717, 1.165) is 12.2 Å². The van der Waals surface area contributed by atoms with Gasteiger partial charge in [0.1, 0.15) is 5.82 Å². The highest BCUT2D eigenvalue weighted by Gasteiger charge is 2.41. The quantitative estimate of drug-likeness (QED) is 0.497. The van der Waals surface area contributed by atoms with E-state index < -0.39 is 0 Å². The van der Waals surface area contributed by atoms with Gasteiger partial charge in [-0.05, 0) is 81.0 Å². The Hall–Kier alpha value is -3.26. The van der Waals surface area contributed by atoms with E-state index >= 15 is 0 Å². The first kappa shape index (κ1) is 22.9. The van der Waals surface area contributed by atoms with Crippen molar-refractivity contribution in [3.05, 3.63) is 83.2 Å². The summed E-state index contributed by atoms with van der Waals surface area (Å²) in [5, 5.41) is 6.86. The Morgan fingerprint density at radius 3 is 2.61 bits per heavy atom. The summed E-state index contributed by atoms with van der Waals surface area (Å²) in [6.45, 7) is 7.70. The lowest BCUT2D eigenvalue weighted by molar-refractivity contribution is -0.116. The summed E-state index contributed by atoms with van der Waals surface area (Å²) in [5.74, 6) is -0.488. The van der Waals surface area contributed by atoms with Crippen LogP contribution in [0.3, 0.4) is 0 Å². The van der Waals surface area contributed by atoms with Gasteiger partial charge in [-0.25, -0.2) is 4.39 Å². The van der Waals surface area contributed by atoms with E-state index in [4.69, 9.17) is 12.2 Å². The van der Waals surface area contributed by atoms with E-state index in [0.29, 0.717) is 17.3 Å². The summed E-state index contributed by atoms with van der Waals surface area (Å²) in [5.41, 5.74) is 5.03. The Morgan fingerprint density at radius 2 is 1.97 bits per heavy atom. The molecule has 1 aromatic carbocycles. The monoisotopic (exact) mass is 465 g/mol. The minimum atomic E-state index is -0.338. The lowest BCUT2D eigenvalue weighted by atomic mass is 9.96. The first-order valence-electron chi connectivity index (χ1n) is 11.1. The zero-order valence-electron chi connectivity index (χ0n) is 19.0. The molecule has 1 saturated heterocycles. The number of benzene rings is 1. The Kier molecular flexibility index (Phi) is 6.74. The molecule has 1 aliphatic heterocycles. The number of aryl methyl sites for hydroxylation is 1. The minimum Gasteiger partial charge on any atom is -0.352 e. The Labute approximate surface area is 198 Å². The van der Waals surface area contributed by atoms with Crippen LogP contribution in [-0.2, 0) is 11.3 Å². The van der Waals surface area contributed by atoms with Gasteiger partial charge in [0.25, 0.3) is 0 Å². The maximum atomic E-state index is 13.1. The average molecular weight is 466 g/mol. The van der Waals surface area contributed by atoms with Crippen LogP contribution in [0.1, 0.15) is 48.1 Å². The molecule has 0 radical (unpaired) electrons. The van der Waals surface area contributed by atoms with Gasteiger partial charge in [-0.2, -0.15) is 0 Å². The molecule has 33 heavy (non-hydrogen) atoms. The lowest BCUT2D eigenvalue weighted by Crippen LogP contribution is -2.32. The van der Waals surface area contributed by atoms with E-state index in [1.807, 2.05) is 18.2 Å². The third-order valence-corrected chi connectivity index (χ3v) is 6.51. The molecule has 0 unspecified atom stereocenters. The number of nitrogens with one attached hydrogen (secondary N) is 2. The number of hydrogen-bond acceptors (Lipinski definition) is 3. The second-order valence-electron chi connectivity index (χ2n) is 8.20. The molecule has 8 heteroatoms. The molecule has 0 aliphatic carbocycles. The second kappa shape index (κ2) is 9.70. The molecule has 2 aromatic heterocycles. The van der Waals surface area contributed by atoms with Gasteiger partial charge in [0.15, 0.2) is 5.11 Å². The molecule has 6 nitrogen and oxygen atoms in total. The molecule has 3 aromatic rings. The fourth-order valence-electron chi connectivity index (χ4n) is 4.58. The van der Waals surface area contributed by atoms with Gasteiger partial charge in [0.05, 0.1) is 17.8 Å². The van der Waals surface area contributed by atoms with E-state index in [1.54, 1.807) is 18.3 Å². The van der Waals surface area contributed by atoms with Crippen molar-refractivity contribution in [2.75, 3.05) is 11.9 Å². The summed E-state index contributed by atoms with van der Waals surface area (Å²) < 4.78 is 15.4. The van der Waals surface area contributed by atoms with Crippen LogP contribution in [-0.4, -0.2) is 32.0 Å². The third-order valence-electron chi connectivity index (χ3n) is 6.15. The predicted octanol–water partition coefficient (Wildman–Crippen LogP) is 4.66. The number of anilines is 1. The zero-order valence-corrected chi connectivity index (χ0v) is 19.8. The summed E-state index contributed by atoms with van der Waals surface area (Å²) in [4.78, 5) is 19.3. The molecule has 1 aliphatic rings. The van der Waals surface area contributed by atoms with Gasteiger partial charge in [0.2, 0.25) is 5.91 Å². The van der Waals surface area contributed by atoms with Crippen molar-refractivity contribution in [3.8, 4) is 0 Å². The summed E-state index contributed by atoms with van der Waals surface area (Å²) in [7, 11) is 0. The van der Waals surface area contributed by atoms with E-state index in [2.05, 4.69) is 51.9 Å². The van der Waals surface area contributed by atoms with Crippen LogP contribution in [0.4, 0.5) is 10.1 Å². The molecule has 2 atom stereocenters. The first-order valence-corrected chi connectivity index (χ1v) is 11.5. The first-order chi connectivity index (χ1) is 15.9. The highest BCUT2D eigenvalue weighted by Crippen LogP contribution is 2.40. The second-order valence-corrected chi connectivity index (χ2v) is 8.58. The van der Waals surface area contributed by atoms with Crippen molar-refractivity contribution in [2.45, 2.75) is 45.8 Å². The third kappa shape index (κ3) is 4.75. The normalized spacial score (nSPS) is 17.8. The fourth-order valence-corrected chi connectivity index (χ4v) is 4.91. The lowest BCUT2D eigenvalue weighted by Gasteiger charge is -2.28. The molecular formula is C25H28FN5OS. The number of thiocarbonyl (C=S) groups is 1. The van der Waals surface area contributed by atoms with Crippen LogP contribution in [0, 0.1) is 19.7 Å². The smallest absolute Gasteiger partial charge is 0.226 e. The van der Waals surface area contributed by atoms with Crippen molar-refractivity contribution in [1.29, 1.82) is 0 Å². The SMILES string of the molecule is CCn1c(C)cc([C@@H]2[C@H](c3ccccn3)NC(=S)N2CCC(=O)Nc2ccc(F)cc2)c1C. The largest absolute Gasteiger partial charge is 0.352 e. The maximum absolute atomic E-state index is 13.1. The summed E-state index contributed by atoms with van der Waals surface area (Å²) in [6, 6.07) is 13.6. The molecule has 172 valence electrons. The number of carbonyl (C=O) groups excluding carboxylic acids is 1. The molecule has 0 saturated carbocycles. The number of halogens is 1. The maximum Gasteiger partial charge on any atom is 0.226 e. The van der Waals surface area contributed by atoms with Gasteiger partial charge in [-0.15, -0.1) is 0 Å². The molecule has 3 heterocycles. The molecule has 1 fully saturated rings. The number of carbonyl (C=O) groups is 1. The van der Waals surface area contributed by atoms with E-state index in [9.17, 15) is 9.18 Å². The van der Waals surface area contributed by atoms with Crippen molar-refractivity contribution in [1.82, 2.24) is 19.8 Å². The molecule has 2 N–H and O–H groups in total. The topological polar surface area (TPSA) is 62.2 Å². The number of amides is 1. The van der Waals surface area contributed by atoms with E-state index in [1.165, 1.54) is 29.1 Å². The molecule has 0 bridgehead atoms. The van der Waals surface area contributed by atoms with Crippen LogP contribution >= 0.6 is 12.2 Å². The van der Waals surface area contributed by atoms with Crippen LogP contribution in [0.15, 0.2) is 54.7 Å². The van der Waals surface area contributed by atoms with Crippen LogP contribution in [0.2, 0.25) is 0 Å². The molecule has 0 spiro atoms. The Bertz CT molecular complexity index is 1150. The highest BCUT2D eigenvalue weighted by atomic mass is 32.1. The zero-order chi connectivity index (χ0) is 23.5. The fraction of sp³-hybridized carbons (Fsp3) is 0.320. The van der Waals surface area contributed by atoms with Crippen LogP contribution < -0.4 is 10.6 Å². The Morgan fingerprint density at radius 1 is 1.21 bits per heavy atom. The number of hydrogen-bond donors (Lipinski definition) is 2. The van der Waals surface area contributed by atoms with Gasteiger partial charge < -0.3 is 20.1 Å². The van der Waals surface area contributed by atoms with Crippen molar-refractivity contribution in [3.63, 3.8) is 0 Å². The standard InChI is InChI=1S/C25H28FN5OS/c1-4-30-16(2)15-20(17(30)3)24-23(21-7-5-6-13-27-21)29-25(33)31(24)14-12-22(32)28-19-10-8-18(26)9-11-19/h5-11,13,15,23-24H,4,12,14H2,1-3H3,(H,28,32)(H,29,33)/t23-,24+/m0/s1. The van der Waals surface area contributed by atoms with Crippen molar-refractivity contribution in [2.24, 2.45) is 0 Å². The van der Waals surface area contributed by atoms with Crippen molar-refractivity contribution >= 4 is 28.9 Å². The average Bonchev–Trinajstić information content (AvgIpc) is 3.29. The summed E-state index contributed by atoms with van der Waals surface area (Å²) >= 11 is 5.71.